The summed E-state index contributed by atoms with van der Waals surface area (Å²) in [4.78, 5) is 28.4. The van der Waals surface area contributed by atoms with Crippen molar-refractivity contribution in [1.82, 2.24) is 5.32 Å². The third-order valence-corrected chi connectivity index (χ3v) is 3.50. The van der Waals surface area contributed by atoms with E-state index in [1.165, 1.54) is 14.0 Å². The van der Waals surface area contributed by atoms with Crippen LogP contribution in [0.5, 0.6) is 0 Å². The minimum absolute atomic E-state index is 0.0390. The van der Waals surface area contributed by atoms with Gasteiger partial charge in [-0.25, -0.2) is 4.79 Å². The third-order valence-electron chi connectivity index (χ3n) is 2.87. The molecule has 1 atom stereocenters. The van der Waals surface area contributed by atoms with Crippen LogP contribution < -0.4 is 5.32 Å². The number of benzene rings is 1. The molecule has 0 bridgehead atoms. The molecule has 1 aliphatic rings. The molecular weight excluding hydrogens is 319 g/mol. The first-order chi connectivity index (χ1) is 9.89. The summed E-state index contributed by atoms with van der Waals surface area (Å²) in [6.07, 6.45) is -0.0390. The van der Waals surface area contributed by atoms with Crippen molar-refractivity contribution in [2.75, 3.05) is 7.11 Å². The van der Waals surface area contributed by atoms with E-state index in [9.17, 15) is 9.59 Å². The van der Waals surface area contributed by atoms with Crippen molar-refractivity contribution in [3.8, 4) is 0 Å². The first-order valence-corrected chi connectivity index (χ1v) is 6.72. The normalized spacial score (nSPS) is 20.5. The van der Waals surface area contributed by atoms with Gasteiger partial charge in [0.25, 0.3) is 0 Å². The largest absolute Gasteiger partial charge is 0.465 e. The van der Waals surface area contributed by atoms with Crippen molar-refractivity contribution in [2.45, 2.75) is 19.1 Å². The van der Waals surface area contributed by atoms with Crippen LogP contribution in [0, 0.1) is 0 Å². The van der Waals surface area contributed by atoms with E-state index in [1.54, 1.807) is 18.2 Å². The fourth-order valence-electron chi connectivity index (χ4n) is 2.02. The number of carbonyl (C=O) groups excluding carboxylic acids is 2. The van der Waals surface area contributed by atoms with Gasteiger partial charge in [0.05, 0.1) is 29.3 Å². The lowest BCUT2D eigenvalue weighted by Gasteiger charge is -2.23. The number of halogens is 2. The standard InChI is InChI=1S/C13H12Cl2N2O4/c1-7(18)16-13(12(19)20-2)6-10(17-21-13)11-8(14)4-3-5-9(11)15/h3-5H,6H2,1-2H3,(H,16,18). The lowest BCUT2D eigenvalue weighted by molar-refractivity contribution is -0.173. The third kappa shape index (κ3) is 2.96. The fraction of sp³-hybridized carbons (Fsp3) is 0.308. The summed E-state index contributed by atoms with van der Waals surface area (Å²) in [5.41, 5.74) is -0.889. The van der Waals surface area contributed by atoms with Gasteiger partial charge in [-0.2, -0.15) is 0 Å². The van der Waals surface area contributed by atoms with Crippen molar-refractivity contribution >= 4 is 40.8 Å². The zero-order valence-electron chi connectivity index (χ0n) is 11.3. The number of amides is 1. The molecule has 0 saturated carbocycles. The maximum Gasteiger partial charge on any atom is 0.375 e. The van der Waals surface area contributed by atoms with Crippen molar-refractivity contribution in [3.05, 3.63) is 33.8 Å². The van der Waals surface area contributed by atoms with E-state index < -0.39 is 17.6 Å². The predicted octanol–water partition coefficient (Wildman–Crippen LogP) is 2.12. The maximum atomic E-state index is 11.9. The fourth-order valence-corrected chi connectivity index (χ4v) is 2.63. The smallest absolute Gasteiger partial charge is 0.375 e. The van der Waals surface area contributed by atoms with Gasteiger partial charge in [-0.3, -0.25) is 4.79 Å². The van der Waals surface area contributed by atoms with Crippen LogP contribution in [0.1, 0.15) is 18.9 Å². The molecule has 1 heterocycles. The second-order valence-corrected chi connectivity index (χ2v) is 5.22. The molecule has 0 aromatic heterocycles. The highest BCUT2D eigenvalue weighted by Gasteiger charge is 2.49. The summed E-state index contributed by atoms with van der Waals surface area (Å²) in [6, 6.07) is 4.97. The Bertz CT molecular complexity index is 612. The predicted molar refractivity (Wildman–Crippen MR) is 77.3 cm³/mol. The monoisotopic (exact) mass is 330 g/mol. The molecule has 1 unspecified atom stereocenters. The lowest BCUT2D eigenvalue weighted by atomic mass is 10.0. The average molecular weight is 331 g/mol. The van der Waals surface area contributed by atoms with E-state index >= 15 is 0 Å². The SMILES string of the molecule is COC(=O)C1(NC(C)=O)CC(c2c(Cl)cccc2Cl)=NO1. The second-order valence-electron chi connectivity index (χ2n) is 4.40. The molecule has 1 N–H and O–H groups in total. The maximum absolute atomic E-state index is 11.9. The minimum atomic E-state index is -1.70. The molecule has 0 fully saturated rings. The van der Waals surface area contributed by atoms with Crippen molar-refractivity contribution in [2.24, 2.45) is 5.16 Å². The number of oxime groups is 1. The van der Waals surface area contributed by atoms with E-state index in [4.69, 9.17) is 28.0 Å². The number of hydrogen-bond acceptors (Lipinski definition) is 5. The minimum Gasteiger partial charge on any atom is -0.465 e. The number of esters is 1. The molecule has 1 aromatic carbocycles. The summed E-state index contributed by atoms with van der Waals surface area (Å²) >= 11 is 12.2. The number of carbonyl (C=O) groups is 2. The zero-order chi connectivity index (χ0) is 15.6. The first kappa shape index (κ1) is 15.6. The first-order valence-electron chi connectivity index (χ1n) is 5.96. The van der Waals surface area contributed by atoms with E-state index in [2.05, 4.69) is 15.2 Å². The Hall–Kier alpha value is -1.79. The van der Waals surface area contributed by atoms with Crippen molar-refractivity contribution < 1.29 is 19.2 Å². The molecule has 0 aliphatic carbocycles. The molecule has 1 amide bonds. The molecule has 2 rings (SSSR count). The number of ether oxygens (including phenoxy) is 1. The van der Waals surface area contributed by atoms with E-state index in [0.717, 1.165) is 0 Å². The summed E-state index contributed by atoms with van der Waals surface area (Å²) in [7, 11) is 1.19. The molecule has 8 heteroatoms. The molecule has 0 spiro atoms. The molecule has 1 aliphatic heterocycles. The van der Waals surface area contributed by atoms with Crippen LogP contribution in [0.2, 0.25) is 10.0 Å². The number of methoxy groups -OCH3 is 1. The highest BCUT2D eigenvalue weighted by molar-refractivity contribution is 6.40. The van der Waals surface area contributed by atoms with Crippen molar-refractivity contribution in [3.63, 3.8) is 0 Å². The van der Waals surface area contributed by atoms with Gasteiger partial charge >= 0.3 is 11.7 Å². The number of nitrogens with one attached hydrogen (secondary N) is 1. The van der Waals surface area contributed by atoms with Gasteiger partial charge in [0.15, 0.2) is 0 Å². The van der Waals surface area contributed by atoms with Gasteiger partial charge in [-0.05, 0) is 12.1 Å². The molecule has 112 valence electrons. The number of nitrogens with zero attached hydrogens (tertiary/aromatic N) is 1. The molecular formula is C13H12Cl2N2O4. The van der Waals surface area contributed by atoms with Crippen LogP contribution >= 0.6 is 23.2 Å². The van der Waals surface area contributed by atoms with Gasteiger partial charge in [0, 0.05) is 12.5 Å². The Morgan fingerprint density at radius 2 is 2.00 bits per heavy atom. The number of hydrogen-bond donors (Lipinski definition) is 1. The average Bonchev–Trinajstić information content (AvgIpc) is 2.82. The Morgan fingerprint density at radius 1 is 1.38 bits per heavy atom. The van der Waals surface area contributed by atoms with Gasteiger partial charge < -0.3 is 14.9 Å². The molecule has 0 radical (unpaired) electrons. The van der Waals surface area contributed by atoms with Crippen LogP contribution in [0.25, 0.3) is 0 Å². The topological polar surface area (TPSA) is 77.0 Å². The number of rotatable bonds is 3. The Balaban J connectivity index is 2.35. The second kappa shape index (κ2) is 5.91. The highest BCUT2D eigenvalue weighted by Crippen LogP contribution is 2.32. The van der Waals surface area contributed by atoms with E-state index in [1.807, 2.05) is 0 Å². The lowest BCUT2D eigenvalue weighted by Crippen LogP contribution is -2.54. The van der Waals surface area contributed by atoms with Crippen molar-refractivity contribution in [1.29, 1.82) is 0 Å². The summed E-state index contributed by atoms with van der Waals surface area (Å²) in [5, 5.41) is 6.98. The molecule has 0 saturated heterocycles. The highest BCUT2D eigenvalue weighted by atomic mass is 35.5. The van der Waals surface area contributed by atoms with Crippen LogP contribution in [-0.2, 0) is 19.2 Å². The quantitative estimate of drug-likeness (QED) is 0.861. The summed E-state index contributed by atoms with van der Waals surface area (Å²) in [6.45, 7) is 1.26. The Morgan fingerprint density at radius 3 is 2.52 bits per heavy atom. The Kier molecular flexibility index (Phi) is 4.39. The van der Waals surface area contributed by atoms with Gasteiger partial charge in [0.1, 0.15) is 0 Å². The molecule has 21 heavy (non-hydrogen) atoms. The van der Waals surface area contributed by atoms with Gasteiger partial charge in [0.2, 0.25) is 5.91 Å². The van der Waals surface area contributed by atoms with E-state index in [-0.39, 0.29) is 6.42 Å². The molecule has 6 nitrogen and oxygen atoms in total. The molecule has 1 aromatic rings. The summed E-state index contributed by atoms with van der Waals surface area (Å²) in [5.74, 6) is -1.22. The van der Waals surface area contributed by atoms with Crippen LogP contribution in [0.15, 0.2) is 23.4 Å². The van der Waals surface area contributed by atoms with Gasteiger partial charge in [-0.15, -0.1) is 0 Å². The Labute approximate surface area is 131 Å². The zero-order valence-corrected chi connectivity index (χ0v) is 12.8. The van der Waals surface area contributed by atoms with Gasteiger partial charge in [-0.1, -0.05) is 34.4 Å². The summed E-state index contributed by atoms with van der Waals surface area (Å²) < 4.78 is 4.67. The van der Waals surface area contributed by atoms with E-state index in [0.29, 0.717) is 21.3 Å². The van der Waals surface area contributed by atoms with Crippen LogP contribution in [0.4, 0.5) is 0 Å². The van der Waals surface area contributed by atoms with Crippen LogP contribution in [-0.4, -0.2) is 30.4 Å². The van der Waals surface area contributed by atoms with Crippen LogP contribution in [0.3, 0.4) is 0 Å².